The van der Waals surface area contributed by atoms with Gasteiger partial charge in [0.05, 0.1) is 5.39 Å². The number of aryl methyl sites for hydroxylation is 1. The number of hydrogen-bond acceptors (Lipinski definition) is 4. The Balaban J connectivity index is 2.02. The lowest BCUT2D eigenvalue weighted by atomic mass is 10.1. The van der Waals surface area contributed by atoms with Gasteiger partial charge < -0.3 is 4.90 Å². The van der Waals surface area contributed by atoms with Gasteiger partial charge in [-0.3, -0.25) is 0 Å². The first kappa shape index (κ1) is 12.4. The predicted octanol–water partition coefficient (Wildman–Crippen LogP) is 3.62. The average Bonchev–Trinajstić information content (AvgIpc) is 2.81. The molecule has 0 radical (unpaired) electrons. The number of fused-ring (bicyclic) bond motifs is 1. The Morgan fingerprint density at radius 1 is 1.50 bits per heavy atom. The topological polar surface area (TPSA) is 29.0 Å². The van der Waals surface area contributed by atoms with Crippen molar-refractivity contribution >= 4 is 43.3 Å². The van der Waals surface area contributed by atoms with Crippen LogP contribution < -0.4 is 4.90 Å². The van der Waals surface area contributed by atoms with Crippen molar-refractivity contribution in [2.45, 2.75) is 31.0 Å². The van der Waals surface area contributed by atoms with Crippen LogP contribution in [0, 0.1) is 0 Å². The highest BCUT2D eigenvalue weighted by molar-refractivity contribution is 9.09. The van der Waals surface area contributed by atoms with E-state index in [9.17, 15) is 0 Å². The standard InChI is InChI=1S/C13H16BrN3S/c1-2-10-6-11-12(15-8-16-13(11)18-10)17-5-3-4-9(14)7-17/h6,8-9H,2-5,7H2,1H3. The summed E-state index contributed by atoms with van der Waals surface area (Å²) in [5.41, 5.74) is 0. The molecule has 2 aromatic heterocycles. The summed E-state index contributed by atoms with van der Waals surface area (Å²) in [6.45, 7) is 4.34. The zero-order valence-electron chi connectivity index (χ0n) is 10.4. The Morgan fingerprint density at radius 2 is 2.39 bits per heavy atom. The molecular formula is C13H16BrN3S. The van der Waals surface area contributed by atoms with Gasteiger partial charge >= 0.3 is 0 Å². The van der Waals surface area contributed by atoms with Gasteiger partial charge in [-0.25, -0.2) is 9.97 Å². The van der Waals surface area contributed by atoms with Gasteiger partial charge in [-0.05, 0) is 25.3 Å². The van der Waals surface area contributed by atoms with E-state index < -0.39 is 0 Å². The third-order valence-electron chi connectivity index (χ3n) is 3.37. The van der Waals surface area contributed by atoms with Crippen LogP contribution in [0.4, 0.5) is 5.82 Å². The van der Waals surface area contributed by atoms with E-state index in [0.717, 1.165) is 30.2 Å². The van der Waals surface area contributed by atoms with Crippen molar-refractivity contribution in [3.05, 3.63) is 17.3 Å². The first-order valence-corrected chi connectivity index (χ1v) is 8.13. The molecule has 1 aliphatic heterocycles. The van der Waals surface area contributed by atoms with Crippen LogP contribution in [-0.2, 0) is 6.42 Å². The summed E-state index contributed by atoms with van der Waals surface area (Å²) in [6.07, 6.45) is 5.26. The Kier molecular flexibility index (Phi) is 3.52. The van der Waals surface area contributed by atoms with Crippen LogP contribution in [0.3, 0.4) is 0 Å². The molecule has 0 bridgehead atoms. The number of rotatable bonds is 2. The van der Waals surface area contributed by atoms with E-state index in [2.05, 4.69) is 43.8 Å². The third kappa shape index (κ3) is 2.26. The van der Waals surface area contributed by atoms with Gasteiger partial charge in [0.25, 0.3) is 0 Å². The van der Waals surface area contributed by atoms with Crippen LogP contribution in [0.15, 0.2) is 12.4 Å². The van der Waals surface area contributed by atoms with Gasteiger partial charge in [0, 0.05) is 22.8 Å². The van der Waals surface area contributed by atoms with Crippen molar-refractivity contribution < 1.29 is 0 Å². The van der Waals surface area contributed by atoms with Crippen molar-refractivity contribution in [1.29, 1.82) is 0 Å². The molecule has 5 heteroatoms. The van der Waals surface area contributed by atoms with Gasteiger partial charge in [0.2, 0.25) is 0 Å². The number of alkyl halides is 1. The minimum absolute atomic E-state index is 0.584. The quantitative estimate of drug-likeness (QED) is 0.790. The molecule has 18 heavy (non-hydrogen) atoms. The van der Waals surface area contributed by atoms with Crippen molar-refractivity contribution in [2.75, 3.05) is 18.0 Å². The van der Waals surface area contributed by atoms with Crippen molar-refractivity contribution in [1.82, 2.24) is 9.97 Å². The average molecular weight is 326 g/mol. The Morgan fingerprint density at radius 3 is 3.17 bits per heavy atom. The molecule has 1 aliphatic rings. The number of halogens is 1. The van der Waals surface area contributed by atoms with E-state index in [1.54, 1.807) is 17.7 Å². The van der Waals surface area contributed by atoms with Gasteiger partial charge in [-0.15, -0.1) is 11.3 Å². The summed E-state index contributed by atoms with van der Waals surface area (Å²) in [5.74, 6) is 1.11. The SMILES string of the molecule is CCc1cc2c(N3CCCC(Br)C3)ncnc2s1. The maximum absolute atomic E-state index is 4.51. The number of hydrogen-bond donors (Lipinski definition) is 0. The van der Waals surface area contributed by atoms with E-state index in [1.807, 2.05) is 0 Å². The molecule has 0 saturated carbocycles. The number of thiophene rings is 1. The smallest absolute Gasteiger partial charge is 0.140 e. The van der Waals surface area contributed by atoms with E-state index >= 15 is 0 Å². The van der Waals surface area contributed by atoms with Gasteiger partial charge in [0.1, 0.15) is 17.0 Å². The summed E-state index contributed by atoms with van der Waals surface area (Å²) in [5, 5.41) is 1.22. The molecule has 1 fully saturated rings. The Hall–Kier alpha value is -0.680. The molecule has 3 heterocycles. The van der Waals surface area contributed by atoms with Gasteiger partial charge in [-0.2, -0.15) is 0 Å². The summed E-state index contributed by atoms with van der Waals surface area (Å²) < 4.78 is 0. The molecule has 1 unspecified atom stereocenters. The lowest BCUT2D eigenvalue weighted by Gasteiger charge is -2.31. The minimum atomic E-state index is 0.584. The zero-order chi connectivity index (χ0) is 12.5. The number of nitrogens with zero attached hydrogens (tertiary/aromatic N) is 3. The fourth-order valence-corrected chi connectivity index (χ4v) is 4.04. The Labute approximate surface area is 119 Å². The first-order chi connectivity index (χ1) is 8.78. The van der Waals surface area contributed by atoms with E-state index in [0.29, 0.717) is 4.83 Å². The molecule has 0 N–H and O–H groups in total. The lowest BCUT2D eigenvalue weighted by Crippen LogP contribution is -2.36. The molecule has 3 rings (SSSR count). The third-order valence-corrected chi connectivity index (χ3v) is 5.31. The van der Waals surface area contributed by atoms with Crippen LogP contribution in [0.2, 0.25) is 0 Å². The highest BCUT2D eigenvalue weighted by Crippen LogP contribution is 2.32. The van der Waals surface area contributed by atoms with E-state index in [1.165, 1.54) is 23.1 Å². The number of piperidine rings is 1. The predicted molar refractivity (Wildman–Crippen MR) is 81.0 cm³/mol. The maximum atomic E-state index is 4.51. The van der Waals surface area contributed by atoms with E-state index in [-0.39, 0.29) is 0 Å². The van der Waals surface area contributed by atoms with Crippen LogP contribution in [-0.4, -0.2) is 27.9 Å². The highest BCUT2D eigenvalue weighted by atomic mass is 79.9. The monoisotopic (exact) mass is 325 g/mol. The molecular weight excluding hydrogens is 310 g/mol. The molecule has 1 atom stereocenters. The van der Waals surface area contributed by atoms with Crippen molar-refractivity contribution in [3.8, 4) is 0 Å². The highest BCUT2D eigenvalue weighted by Gasteiger charge is 2.21. The van der Waals surface area contributed by atoms with Crippen LogP contribution >= 0.6 is 27.3 Å². The van der Waals surface area contributed by atoms with Crippen LogP contribution in [0.1, 0.15) is 24.6 Å². The molecule has 2 aromatic rings. The molecule has 0 amide bonds. The van der Waals surface area contributed by atoms with Crippen LogP contribution in [0.25, 0.3) is 10.2 Å². The molecule has 0 aliphatic carbocycles. The zero-order valence-corrected chi connectivity index (χ0v) is 12.8. The summed E-state index contributed by atoms with van der Waals surface area (Å²) in [4.78, 5) is 14.4. The lowest BCUT2D eigenvalue weighted by molar-refractivity contribution is 0.592. The molecule has 1 saturated heterocycles. The second-order valence-corrected chi connectivity index (χ2v) is 7.08. The van der Waals surface area contributed by atoms with Gasteiger partial charge in [-0.1, -0.05) is 22.9 Å². The van der Waals surface area contributed by atoms with Crippen LogP contribution in [0.5, 0.6) is 0 Å². The van der Waals surface area contributed by atoms with Crippen molar-refractivity contribution in [3.63, 3.8) is 0 Å². The second-order valence-electron chi connectivity index (χ2n) is 4.67. The summed E-state index contributed by atoms with van der Waals surface area (Å²) in [7, 11) is 0. The fraction of sp³-hybridized carbons (Fsp3) is 0.538. The summed E-state index contributed by atoms with van der Waals surface area (Å²) >= 11 is 5.51. The molecule has 3 nitrogen and oxygen atoms in total. The van der Waals surface area contributed by atoms with Crippen molar-refractivity contribution in [2.24, 2.45) is 0 Å². The summed E-state index contributed by atoms with van der Waals surface area (Å²) in [6, 6.07) is 2.26. The molecule has 0 aromatic carbocycles. The first-order valence-electron chi connectivity index (χ1n) is 6.40. The number of aromatic nitrogens is 2. The normalized spacial score (nSPS) is 20.6. The number of anilines is 1. The Bertz CT molecular complexity index is 554. The fourth-order valence-electron chi connectivity index (χ4n) is 2.44. The van der Waals surface area contributed by atoms with Gasteiger partial charge in [0.15, 0.2) is 0 Å². The second kappa shape index (κ2) is 5.13. The van der Waals surface area contributed by atoms with E-state index in [4.69, 9.17) is 0 Å². The minimum Gasteiger partial charge on any atom is -0.355 e. The molecule has 96 valence electrons. The maximum Gasteiger partial charge on any atom is 0.140 e. The molecule has 0 spiro atoms. The largest absolute Gasteiger partial charge is 0.355 e.